The van der Waals surface area contributed by atoms with Crippen LogP contribution in [0.4, 0.5) is 5.69 Å². The highest BCUT2D eigenvalue weighted by Gasteiger charge is 2.46. The Bertz CT molecular complexity index is 890. The molecule has 32 heavy (non-hydrogen) atoms. The minimum absolute atomic E-state index is 0.364. The number of hydrogen-bond donors (Lipinski definition) is 0. The quantitative estimate of drug-likeness (QED) is 0.583. The lowest BCUT2D eigenvalue weighted by Crippen LogP contribution is -2.53. The van der Waals surface area contributed by atoms with Crippen molar-refractivity contribution in [3.05, 3.63) is 59.1 Å². The predicted octanol–water partition coefficient (Wildman–Crippen LogP) is 5.06. The fourth-order valence-electron chi connectivity index (χ4n) is 5.72. The molecule has 1 atom stereocenters. The third kappa shape index (κ3) is 4.78. The lowest BCUT2D eigenvalue weighted by atomic mass is 9.92. The highest BCUT2D eigenvalue weighted by molar-refractivity contribution is 6.30. The molecule has 1 saturated carbocycles. The molecule has 2 saturated heterocycles. The van der Waals surface area contributed by atoms with Gasteiger partial charge in [0.25, 0.3) is 0 Å². The number of para-hydroxylation sites is 2. The fourth-order valence-corrected chi connectivity index (χ4v) is 5.84. The van der Waals surface area contributed by atoms with Crippen LogP contribution in [0.25, 0.3) is 0 Å². The van der Waals surface area contributed by atoms with Crippen LogP contribution in [-0.4, -0.2) is 68.8 Å². The zero-order valence-electron chi connectivity index (χ0n) is 19.3. The molecule has 0 N–H and O–H groups in total. The van der Waals surface area contributed by atoms with Crippen LogP contribution in [0.15, 0.2) is 48.5 Å². The maximum atomic E-state index is 6.15. The molecule has 2 aromatic rings. The minimum atomic E-state index is 0.364. The highest BCUT2D eigenvalue weighted by Crippen LogP contribution is 2.49. The van der Waals surface area contributed by atoms with E-state index in [0.29, 0.717) is 11.5 Å². The van der Waals surface area contributed by atoms with Gasteiger partial charge in [-0.05, 0) is 62.1 Å². The molecule has 5 heteroatoms. The van der Waals surface area contributed by atoms with Gasteiger partial charge >= 0.3 is 0 Å². The first-order chi connectivity index (χ1) is 15.7. The summed E-state index contributed by atoms with van der Waals surface area (Å²) in [6, 6.07) is 17.7. The van der Waals surface area contributed by atoms with Gasteiger partial charge in [0.15, 0.2) is 0 Å². The number of piperazine rings is 1. The Labute approximate surface area is 198 Å². The van der Waals surface area contributed by atoms with Gasteiger partial charge in [0, 0.05) is 55.7 Å². The van der Waals surface area contributed by atoms with Gasteiger partial charge < -0.3 is 9.64 Å². The van der Waals surface area contributed by atoms with Gasteiger partial charge in [0.1, 0.15) is 5.75 Å². The summed E-state index contributed by atoms with van der Waals surface area (Å²) in [7, 11) is 1.77. The Balaban J connectivity index is 1.19. The summed E-state index contributed by atoms with van der Waals surface area (Å²) in [4.78, 5) is 7.99. The van der Waals surface area contributed by atoms with Crippen LogP contribution in [-0.2, 0) is 5.41 Å². The summed E-state index contributed by atoms with van der Waals surface area (Å²) in [5, 5.41) is 0.840. The van der Waals surface area contributed by atoms with Crippen LogP contribution in [0.3, 0.4) is 0 Å². The number of piperidine rings is 1. The SMILES string of the molecule is COc1ccccc1N1CCN(CC2CCCCN2CC2(c3ccc(Cl)cc3)CC2)CC1. The summed E-state index contributed by atoms with van der Waals surface area (Å²) < 4.78 is 5.59. The maximum absolute atomic E-state index is 6.15. The van der Waals surface area contributed by atoms with Crippen LogP contribution < -0.4 is 9.64 Å². The molecule has 2 aliphatic heterocycles. The lowest BCUT2D eigenvalue weighted by molar-refractivity contribution is 0.0925. The van der Waals surface area contributed by atoms with Crippen LogP contribution >= 0.6 is 11.6 Å². The van der Waals surface area contributed by atoms with E-state index in [4.69, 9.17) is 16.3 Å². The number of hydrogen-bond acceptors (Lipinski definition) is 4. The molecule has 0 amide bonds. The van der Waals surface area contributed by atoms with Gasteiger partial charge in [-0.15, -0.1) is 0 Å². The van der Waals surface area contributed by atoms with Crippen molar-refractivity contribution in [1.82, 2.24) is 9.80 Å². The van der Waals surface area contributed by atoms with E-state index in [0.717, 1.165) is 37.0 Å². The molecule has 3 aliphatic rings. The van der Waals surface area contributed by atoms with E-state index in [1.807, 2.05) is 6.07 Å². The average molecular weight is 454 g/mol. The van der Waals surface area contributed by atoms with Crippen molar-refractivity contribution in [3.63, 3.8) is 0 Å². The molecular formula is C27H36ClN3O. The van der Waals surface area contributed by atoms with E-state index in [1.165, 1.54) is 63.0 Å². The van der Waals surface area contributed by atoms with Crippen molar-refractivity contribution in [2.45, 2.75) is 43.6 Å². The van der Waals surface area contributed by atoms with Crippen molar-refractivity contribution < 1.29 is 4.74 Å². The minimum Gasteiger partial charge on any atom is -0.495 e. The molecular weight excluding hydrogens is 418 g/mol. The van der Waals surface area contributed by atoms with E-state index < -0.39 is 0 Å². The number of ether oxygens (including phenoxy) is 1. The molecule has 4 nitrogen and oxygen atoms in total. The number of nitrogens with zero attached hydrogens (tertiary/aromatic N) is 3. The monoisotopic (exact) mass is 453 g/mol. The topological polar surface area (TPSA) is 19.0 Å². The second-order valence-electron chi connectivity index (χ2n) is 9.87. The first-order valence-electron chi connectivity index (χ1n) is 12.3. The molecule has 2 aromatic carbocycles. The molecule has 2 heterocycles. The van der Waals surface area contributed by atoms with E-state index in [2.05, 4.69) is 57.2 Å². The molecule has 1 unspecified atom stereocenters. The van der Waals surface area contributed by atoms with Gasteiger partial charge in [-0.2, -0.15) is 0 Å². The Morgan fingerprint density at radius 1 is 0.938 bits per heavy atom. The molecule has 172 valence electrons. The zero-order chi connectivity index (χ0) is 22.0. The number of methoxy groups -OCH3 is 1. The third-order valence-corrected chi connectivity index (χ3v) is 8.08. The smallest absolute Gasteiger partial charge is 0.142 e. The summed E-state index contributed by atoms with van der Waals surface area (Å²) in [5.74, 6) is 0.983. The fraction of sp³-hybridized carbons (Fsp3) is 0.556. The van der Waals surface area contributed by atoms with E-state index in [1.54, 1.807) is 7.11 Å². The zero-order valence-corrected chi connectivity index (χ0v) is 20.1. The molecule has 0 bridgehead atoms. The lowest BCUT2D eigenvalue weighted by Gasteiger charge is -2.43. The Morgan fingerprint density at radius 3 is 2.41 bits per heavy atom. The summed E-state index contributed by atoms with van der Waals surface area (Å²) in [5.41, 5.74) is 3.08. The van der Waals surface area contributed by atoms with Crippen molar-refractivity contribution in [2.75, 3.05) is 57.8 Å². The van der Waals surface area contributed by atoms with Crippen molar-refractivity contribution in [2.24, 2.45) is 0 Å². The summed E-state index contributed by atoms with van der Waals surface area (Å²) >= 11 is 6.15. The first-order valence-corrected chi connectivity index (χ1v) is 12.7. The standard InChI is InChI=1S/C27H36ClN3O/c1-32-26-8-3-2-7-25(26)30-18-16-29(17-19-30)20-24-6-4-5-15-31(24)21-27(13-14-27)22-9-11-23(28)12-10-22/h2-3,7-12,24H,4-6,13-21H2,1H3. The number of halogens is 1. The molecule has 0 spiro atoms. The van der Waals surface area contributed by atoms with E-state index >= 15 is 0 Å². The molecule has 1 aliphatic carbocycles. The van der Waals surface area contributed by atoms with Gasteiger partial charge in [-0.1, -0.05) is 42.3 Å². The molecule has 0 aromatic heterocycles. The van der Waals surface area contributed by atoms with Crippen LogP contribution in [0, 0.1) is 0 Å². The maximum Gasteiger partial charge on any atom is 0.142 e. The molecule has 0 radical (unpaired) electrons. The molecule has 3 fully saturated rings. The van der Waals surface area contributed by atoms with Crippen LogP contribution in [0.2, 0.25) is 5.02 Å². The average Bonchev–Trinajstić information content (AvgIpc) is 3.62. The van der Waals surface area contributed by atoms with Gasteiger partial charge in [-0.3, -0.25) is 9.80 Å². The Kier molecular flexibility index (Phi) is 6.64. The highest BCUT2D eigenvalue weighted by atomic mass is 35.5. The van der Waals surface area contributed by atoms with Crippen LogP contribution in [0.1, 0.15) is 37.7 Å². The number of likely N-dealkylation sites (tertiary alicyclic amines) is 1. The number of rotatable bonds is 7. The largest absolute Gasteiger partial charge is 0.495 e. The summed E-state index contributed by atoms with van der Waals surface area (Å²) in [6.45, 7) is 8.07. The van der Waals surface area contributed by atoms with Gasteiger partial charge in [0.2, 0.25) is 0 Å². The number of anilines is 1. The van der Waals surface area contributed by atoms with E-state index in [-0.39, 0.29) is 0 Å². The summed E-state index contributed by atoms with van der Waals surface area (Å²) in [6.07, 6.45) is 6.68. The van der Waals surface area contributed by atoms with Crippen molar-refractivity contribution >= 4 is 17.3 Å². The Hall–Kier alpha value is -1.75. The normalized spacial score (nSPS) is 23.8. The van der Waals surface area contributed by atoms with Gasteiger partial charge in [-0.25, -0.2) is 0 Å². The second kappa shape index (κ2) is 9.62. The first kappa shape index (κ1) is 22.1. The van der Waals surface area contributed by atoms with Crippen LogP contribution in [0.5, 0.6) is 5.75 Å². The van der Waals surface area contributed by atoms with Gasteiger partial charge in [0.05, 0.1) is 12.8 Å². The van der Waals surface area contributed by atoms with Crippen molar-refractivity contribution in [3.8, 4) is 5.75 Å². The second-order valence-corrected chi connectivity index (χ2v) is 10.3. The Morgan fingerprint density at radius 2 is 1.69 bits per heavy atom. The predicted molar refractivity (Wildman–Crippen MR) is 133 cm³/mol. The molecule has 5 rings (SSSR count). The third-order valence-electron chi connectivity index (χ3n) is 7.83. The van der Waals surface area contributed by atoms with Crippen molar-refractivity contribution in [1.29, 1.82) is 0 Å². The number of benzene rings is 2. The van der Waals surface area contributed by atoms with E-state index in [9.17, 15) is 0 Å².